The second-order valence-corrected chi connectivity index (χ2v) is 11.6. The predicted molar refractivity (Wildman–Crippen MR) is 155 cm³/mol. The molecule has 0 N–H and O–H groups in total. The van der Waals surface area contributed by atoms with Gasteiger partial charge < -0.3 is 13.6 Å². The predicted octanol–water partition coefficient (Wildman–Crippen LogP) is 8.11. The molecule has 0 radical (unpaired) electrons. The summed E-state index contributed by atoms with van der Waals surface area (Å²) < 4.78 is 16.8. The van der Waals surface area contributed by atoms with E-state index in [0.29, 0.717) is 0 Å². The first kappa shape index (κ1) is 29.6. The van der Waals surface area contributed by atoms with Gasteiger partial charge in [0.2, 0.25) is 0 Å². The van der Waals surface area contributed by atoms with Crippen molar-refractivity contribution in [2.45, 2.75) is 59.3 Å². The zero-order valence-electron chi connectivity index (χ0n) is 21.6. The molecule has 0 unspecified atom stereocenters. The van der Waals surface area contributed by atoms with Crippen LogP contribution in [-0.2, 0) is 13.6 Å². The molecule has 0 saturated heterocycles. The van der Waals surface area contributed by atoms with Crippen LogP contribution in [0, 0.1) is 0 Å². The Hall–Kier alpha value is -1.60. The summed E-state index contributed by atoms with van der Waals surface area (Å²) in [5.41, 5.74) is 0. The Morgan fingerprint density at radius 2 is 0.743 bits per heavy atom. The van der Waals surface area contributed by atoms with E-state index in [1.54, 1.807) is 0 Å². The van der Waals surface area contributed by atoms with Crippen LogP contribution in [0.4, 0.5) is 0 Å². The first-order valence-electron chi connectivity index (χ1n) is 12.9. The van der Waals surface area contributed by atoms with Crippen molar-refractivity contribution in [3.63, 3.8) is 0 Å². The Kier molecular flexibility index (Phi) is 16.6. The van der Waals surface area contributed by atoms with Crippen LogP contribution in [-0.4, -0.2) is 19.8 Å². The molecule has 190 valence electrons. The van der Waals surface area contributed by atoms with Gasteiger partial charge in [0.15, 0.2) is 0 Å². The maximum atomic E-state index is 5.60. The monoisotopic (exact) mass is 512 g/mol. The Bertz CT molecular complexity index is 745. The Morgan fingerprint density at radius 3 is 1.00 bits per heavy atom. The molecule has 3 aromatic carbocycles. The SMILES string of the molecule is CCCCOP(OCCCC)OCCCC.c1ccc(P(c2ccccc2)c2ccccc2)cc1. The summed E-state index contributed by atoms with van der Waals surface area (Å²) in [6.45, 7) is 8.71. The minimum atomic E-state index is -1.10. The van der Waals surface area contributed by atoms with Crippen molar-refractivity contribution >= 4 is 32.4 Å². The lowest BCUT2D eigenvalue weighted by Crippen LogP contribution is -2.20. The van der Waals surface area contributed by atoms with Gasteiger partial charge in [0.25, 0.3) is 0 Å². The molecule has 5 heteroatoms. The third-order valence-corrected chi connectivity index (χ3v) is 8.75. The highest BCUT2D eigenvalue weighted by atomic mass is 31.2. The molecular formula is C30H42O3P2. The fourth-order valence-corrected chi connectivity index (χ4v) is 6.50. The van der Waals surface area contributed by atoms with E-state index >= 15 is 0 Å². The summed E-state index contributed by atoms with van der Waals surface area (Å²) in [4.78, 5) is 0. The van der Waals surface area contributed by atoms with E-state index in [-0.39, 0.29) is 0 Å². The molecule has 0 aliphatic rings. The van der Waals surface area contributed by atoms with Crippen LogP contribution in [0.5, 0.6) is 0 Å². The van der Waals surface area contributed by atoms with Crippen molar-refractivity contribution in [1.82, 2.24) is 0 Å². The molecule has 0 heterocycles. The largest absolute Gasteiger partial charge is 0.332 e. The highest BCUT2D eigenvalue weighted by Gasteiger charge is 2.15. The van der Waals surface area contributed by atoms with Gasteiger partial charge >= 0.3 is 8.60 Å². The second-order valence-electron chi connectivity index (χ2n) is 8.13. The summed E-state index contributed by atoms with van der Waals surface area (Å²) in [7, 11) is -1.54. The third kappa shape index (κ3) is 12.3. The summed E-state index contributed by atoms with van der Waals surface area (Å²) in [6.07, 6.45) is 6.67. The lowest BCUT2D eigenvalue weighted by Gasteiger charge is -2.18. The Balaban J connectivity index is 0.000000252. The van der Waals surface area contributed by atoms with E-state index in [2.05, 4.69) is 112 Å². The quantitative estimate of drug-likeness (QED) is 0.152. The molecule has 0 amide bonds. The van der Waals surface area contributed by atoms with Crippen molar-refractivity contribution in [3.05, 3.63) is 91.0 Å². The van der Waals surface area contributed by atoms with E-state index in [1.807, 2.05) is 0 Å². The van der Waals surface area contributed by atoms with Gasteiger partial charge in [-0.15, -0.1) is 0 Å². The molecule has 35 heavy (non-hydrogen) atoms. The van der Waals surface area contributed by atoms with Crippen LogP contribution < -0.4 is 15.9 Å². The number of unbranched alkanes of at least 4 members (excludes halogenated alkanes) is 3. The zero-order chi connectivity index (χ0) is 25.0. The summed E-state index contributed by atoms with van der Waals surface area (Å²) in [6, 6.07) is 32.3. The molecule has 0 aliphatic heterocycles. The molecule has 0 fully saturated rings. The van der Waals surface area contributed by atoms with Gasteiger partial charge in [-0.25, -0.2) is 0 Å². The van der Waals surface area contributed by atoms with Gasteiger partial charge in [-0.3, -0.25) is 0 Å². The van der Waals surface area contributed by atoms with E-state index in [9.17, 15) is 0 Å². The van der Waals surface area contributed by atoms with E-state index in [0.717, 1.165) is 58.3 Å². The minimum Gasteiger partial charge on any atom is -0.312 e. The number of hydrogen-bond donors (Lipinski definition) is 0. The number of benzene rings is 3. The molecule has 0 saturated carbocycles. The van der Waals surface area contributed by atoms with Crippen molar-refractivity contribution in [2.24, 2.45) is 0 Å². The third-order valence-electron chi connectivity index (χ3n) is 5.13. The topological polar surface area (TPSA) is 27.7 Å². The number of hydrogen-bond acceptors (Lipinski definition) is 3. The Morgan fingerprint density at radius 1 is 0.457 bits per heavy atom. The molecule has 3 aromatic rings. The van der Waals surface area contributed by atoms with Gasteiger partial charge in [0.05, 0.1) is 19.8 Å². The first-order valence-corrected chi connectivity index (χ1v) is 15.4. The minimum absolute atomic E-state index is 0.446. The smallest absolute Gasteiger partial charge is 0.312 e. The van der Waals surface area contributed by atoms with Gasteiger partial charge in [0, 0.05) is 0 Å². The highest BCUT2D eigenvalue weighted by Crippen LogP contribution is 2.40. The summed E-state index contributed by atoms with van der Waals surface area (Å²) in [5, 5.41) is 4.19. The first-order chi connectivity index (χ1) is 17.3. The van der Waals surface area contributed by atoms with E-state index in [1.165, 1.54) is 15.9 Å². The van der Waals surface area contributed by atoms with Gasteiger partial charge in [-0.1, -0.05) is 131 Å². The Labute approximate surface area is 216 Å². The average molecular weight is 513 g/mol. The van der Waals surface area contributed by atoms with Crippen LogP contribution in [0.15, 0.2) is 91.0 Å². The maximum Gasteiger partial charge on any atom is 0.332 e. The van der Waals surface area contributed by atoms with Crippen LogP contribution in [0.25, 0.3) is 0 Å². The number of rotatable bonds is 15. The molecule has 0 spiro atoms. The fourth-order valence-electron chi connectivity index (χ4n) is 3.14. The summed E-state index contributed by atoms with van der Waals surface area (Å²) in [5.74, 6) is 0. The van der Waals surface area contributed by atoms with Crippen molar-refractivity contribution in [3.8, 4) is 0 Å². The van der Waals surface area contributed by atoms with Gasteiger partial charge in [0.1, 0.15) is 0 Å². The second kappa shape index (κ2) is 19.6. The lowest BCUT2D eigenvalue weighted by atomic mass is 10.4. The molecular weight excluding hydrogens is 470 g/mol. The van der Waals surface area contributed by atoms with Gasteiger partial charge in [-0.2, -0.15) is 0 Å². The molecule has 0 atom stereocenters. The zero-order valence-corrected chi connectivity index (χ0v) is 23.4. The van der Waals surface area contributed by atoms with Gasteiger partial charge in [-0.05, 0) is 43.1 Å². The van der Waals surface area contributed by atoms with E-state index < -0.39 is 16.5 Å². The van der Waals surface area contributed by atoms with E-state index in [4.69, 9.17) is 13.6 Å². The summed E-state index contributed by atoms with van der Waals surface area (Å²) >= 11 is 0. The fraction of sp³-hybridized carbons (Fsp3) is 0.400. The normalized spacial score (nSPS) is 10.9. The molecule has 0 aliphatic carbocycles. The van der Waals surface area contributed by atoms with Crippen LogP contribution in [0.1, 0.15) is 59.3 Å². The van der Waals surface area contributed by atoms with Crippen LogP contribution >= 0.6 is 16.5 Å². The highest BCUT2D eigenvalue weighted by molar-refractivity contribution is 7.79. The molecule has 0 aromatic heterocycles. The standard InChI is InChI=1S/C18H15P.C12H27O3P/c1-4-10-16(11-5-1)19(17-12-6-2-7-13-17)18-14-8-3-9-15-18;1-4-7-10-13-16(14-11-8-5-2)15-12-9-6-3/h1-15H;4-12H2,1-3H3. The van der Waals surface area contributed by atoms with Crippen molar-refractivity contribution in [2.75, 3.05) is 19.8 Å². The van der Waals surface area contributed by atoms with Crippen LogP contribution in [0.3, 0.4) is 0 Å². The van der Waals surface area contributed by atoms with Crippen LogP contribution in [0.2, 0.25) is 0 Å². The molecule has 3 nitrogen and oxygen atoms in total. The van der Waals surface area contributed by atoms with Crippen molar-refractivity contribution < 1.29 is 13.6 Å². The molecule has 3 rings (SSSR count). The lowest BCUT2D eigenvalue weighted by molar-refractivity contribution is 0.155. The molecule has 0 bridgehead atoms. The maximum absolute atomic E-state index is 5.60. The average Bonchev–Trinajstić information content (AvgIpc) is 2.91. The van der Waals surface area contributed by atoms with Crippen molar-refractivity contribution in [1.29, 1.82) is 0 Å².